The minimum absolute atomic E-state index is 0.00445. The molecule has 2 heterocycles. The minimum atomic E-state index is -0.995. The summed E-state index contributed by atoms with van der Waals surface area (Å²) in [5.74, 6) is -0.191. The molecule has 0 unspecified atom stereocenters. The standard InChI is InChI=1S/C24H29NO5S/c1-23(2)9-17-18(22(27)28)21(31-19(17)24(3,4)13-23)25-20(26)15-5-7-16(8-6-15)30-12-14-10-29-11-14/h5-8,14H,9-13H2,1-4H3,(H,25,26)(H,27,28). The van der Waals surface area contributed by atoms with Crippen LogP contribution in [0.25, 0.3) is 0 Å². The molecule has 1 aliphatic carbocycles. The van der Waals surface area contributed by atoms with Crippen LogP contribution in [0.3, 0.4) is 0 Å². The van der Waals surface area contributed by atoms with Crippen molar-refractivity contribution in [2.75, 3.05) is 25.1 Å². The summed E-state index contributed by atoms with van der Waals surface area (Å²) in [4.78, 5) is 26.1. The summed E-state index contributed by atoms with van der Waals surface area (Å²) < 4.78 is 10.9. The first-order valence-electron chi connectivity index (χ1n) is 10.6. The smallest absolute Gasteiger partial charge is 0.339 e. The molecule has 0 saturated carbocycles. The second-order valence-electron chi connectivity index (χ2n) is 10.0. The van der Waals surface area contributed by atoms with E-state index in [1.807, 2.05) is 0 Å². The molecule has 0 radical (unpaired) electrons. The quantitative estimate of drug-likeness (QED) is 0.658. The number of carboxylic acid groups (broad SMARTS) is 1. The zero-order valence-corrected chi connectivity index (χ0v) is 19.2. The second kappa shape index (κ2) is 7.95. The molecular weight excluding hydrogens is 414 g/mol. The third-order valence-corrected chi connectivity index (χ3v) is 7.46. The zero-order chi connectivity index (χ0) is 22.4. The Labute approximate surface area is 186 Å². The highest BCUT2D eigenvalue weighted by Crippen LogP contribution is 2.52. The van der Waals surface area contributed by atoms with Crippen LogP contribution in [0, 0.1) is 11.3 Å². The van der Waals surface area contributed by atoms with Gasteiger partial charge in [0.1, 0.15) is 10.8 Å². The van der Waals surface area contributed by atoms with Gasteiger partial charge in [-0.3, -0.25) is 4.79 Å². The van der Waals surface area contributed by atoms with E-state index in [9.17, 15) is 14.7 Å². The summed E-state index contributed by atoms with van der Waals surface area (Å²) >= 11 is 1.40. The lowest BCUT2D eigenvalue weighted by atomic mass is 9.65. The Morgan fingerprint density at radius 2 is 1.87 bits per heavy atom. The summed E-state index contributed by atoms with van der Waals surface area (Å²) in [5.41, 5.74) is 1.42. The van der Waals surface area contributed by atoms with Crippen molar-refractivity contribution in [3.63, 3.8) is 0 Å². The van der Waals surface area contributed by atoms with Crippen LogP contribution in [0.1, 0.15) is 65.3 Å². The van der Waals surface area contributed by atoms with Crippen molar-refractivity contribution in [2.24, 2.45) is 11.3 Å². The number of thiophene rings is 1. The topological polar surface area (TPSA) is 84.9 Å². The van der Waals surface area contributed by atoms with Crippen LogP contribution in [0.4, 0.5) is 5.00 Å². The van der Waals surface area contributed by atoms with Crippen LogP contribution in [0.5, 0.6) is 5.75 Å². The number of amides is 1. The number of carboxylic acids is 1. The van der Waals surface area contributed by atoms with Gasteiger partial charge in [-0.2, -0.15) is 0 Å². The Morgan fingerprint density at radius 3 is 2.45 bits per heavy atom. The molecule has 0 bridgehead atoms. The molecule has 1 amide bonds. The predicted octanol–water partition coefficient (Wildman–Crippen LogP) is 4.97. The van der Waals surface area contributed by atoms with Gasteiger partial charge in [-0.1, -0.05) is 27.7 Å². The highest BCUT2D eigenvalue weighted by atomic mass is 32.1. The molecule has 31 heavy (non-hydrogen) atoms. The van der Waals surface area contributed by atoms with Gasteiger partial charge in [0.2, 0.25) is 0 Å². The van der Waals surface area contributed by atoms with Crippen molar-refractivity contribution in [3.8, 4) is 5.75 Å². The monoisotopic (exact) mass is 443 g/mol. The third kappa shape index (κ3) is 4.48. The number of aromatic carboxylic acids is 1. The van der Waals surface area contributed by atoms with Crippen molar-refractivity contribution in [2.45, 2.75) is 46.0 Å². The summed E-state index contributed by atoms with van der Waals surface area (Å²) in [5, 5.41) is 13.2. The largest absolute Gasteiger partial charge is 0.493 e. The van der Waals surface area contributed by atoms with Gasteiger partial charge < -0.3 is 19.9 Å². The Kier molecular flexibility index (Phi) is 5.60. The van der Waals surface area contributed by atoms with Gasteiger partial charge in [-0.25, -0.2) is 4.79 Å². The lowest BCUT2D eigenvalue weighted by Crippen LogP contribution is -2.34. The number of nitrogens with one attached hydrogen (secondary N) is 1. The van der Waals surface area contributed by atoms with Crippen LogP contribution < -0.4 is 10.1 Å². The van der Waals surface area contributed by atoms with E-state index in [1.165, 1.54) is 11.3 Å². The fourth-order valence-corrected chi connectivity index (χ4v) is 6.09. The molecule has 0 atom stereocenters. The maximum atomic E-state index is 12.9. The van der Waals surface area contributed by atoms with Crippen molar-refractivity contribution >= 4 is 28.2 Å². The van der Waals surface area contributed by atoms with Gasteiger partial charge in [0.05, 0.1) is 25.4 Å². The van der Waals surface area contributed by atoms with Gasteiger partial charge in [0, 0.05) is 16.4 Å². The van der Waals surface area contributed by atoms with Crippen molar-refractivity contribution in [1.29, 1.82) is 0 Å². The average molecular weight is 444 g/mol. The predicted molar refractivity (Wildman–Crippen MR) is 121 cm³/mol. The molecule has 1 aliphatic heterocycles. The van der Waals surface area contributed by atoms with E-state index in [1.54, 1.807) is 24.3 Å². The SMILES string of the molecule is CC1(C)Cc2c(sc(NC(=O)c3ccc(OCC4COC4)cc3)c2C(=O)O)C(C)(C)C1. The number of ether oxygens (including phenoxy) is 2. The molecule has 1 aromatic carbocycles. The first-order valence-corrected chi connectivity index (χ1v) is 11.4. The van der Waals surface area contributed by atoms with E-state index in [0.29, 0.717) is 35.3 Å². The van der Waals surface area contributed by atoms with Gasteiger partial charge >= 0.3 is 5.97 Å². The number of hydrogen-bond donors (Lipinski definition) is 2. The lowest BCUT2D eigenvalue weighted by molar-refractivity contribution is -0.0508. The summed E-state index contributed by atoms with van der Waals surface area (Å²) in [6, 6.07) is 6.92. The molecule has 2 aromatic rings. The maximum Gasteiger partial charge on any atom is 0.339 e. The van der Waals surface area contributed by atoms with Gasteiger partial charge in [-0.05, 0) is 53.5 Å². The van der Waals surface area contributed by atoms with Crippen LogP contribution in [0.2, 0.25) is 0 Å². The first-order chi connectivity index (χ1) is 14.6. The lowest BCUT2D eigenvalue weighted by Gasteiger charge is -2.40. The Morgan fingerprint density at radius 1 is 1.19 bits per heavy atom. The van der Waals surface area contributed by atoms with E-state index in [0.717, 1.165) is 30.1 Å². The molecular formula is C24H29NO5S. The summed E-state index contributed by atoms with van der Waals surface area (Å²) in [7, 11) is 0. The van der Waals surface area contributed by atoms with Crippen molar-refractivity contribution < 1.29 is 24.2 Å². The molecule has 1 saturated heterocycles. The maximum absolute atomic E-state index is 12.9. The van der Waals surface area contributed by atoms with E-state index >= 15 is 0 Å². The average Bonchev–Trinajstić information content (AvgIpc) is 2.98. The Balaban J connectivity index is 1.54. The molecule has 0 spiro atoms. The normalized spacial score (nSPS) is 19.2. The molecule has 166 valence electrons. The molecule has 2 N–H and O–H groups in total. The number of carbonyl (C=O) groups excluding carboxylic acids is 1. The summed E-state index contributed by atoms with van der Waals surface area (Å²) in [6.07, 6.45) is 1.66. The number of hydrogen-bond acceptors (Lipinski definition) is 5. The number of rotatable bonds is 6. The molecule has 2 aliphatic rings. The van der Waals surface area contributed by atoms with Crippen molar-refractivity contribution in [3.05, 3.63) is 45.8 Å². The highest BCUT2D eigenvalue weighted by Gasteiger charge is 2.42. The fraction of sp³-hybridized carbons (Fsp3) is 0.500. The number of anilines is 1. The van der Waals surface area contributed by atoms with E-state index in [-0.39, 0.29) is 22.3 Å². The van der Waals surface area contributed by atoms with Crippen LogP contribution >= 0.6 is 11.3 Å². The minimum Gasteiger partial charge on any atom is -0.493 e. The molecule has 1 fully saturated rings. The second-order valence-corrected chi connectivity index (χ2v) is 11.0. The van der Waals surface area contributed by atoms with Crippen LogP contribution in [-0.2, 0) is 16.6 Å². The zero-order valence-electron chi connectivity index (χ0n) is 18.4. The summed E-state index contributed by atoms with van der Waals surface area (Å²) in [6.45, 7) is 10.7. The third-order valence-electron chi connectivity index (χ3n) is 5.95. The van der Waals surface area contributed by atoms with Crippen LogP contribution in [0.15, 0.2) is 24.3 Å². The van der Waals surface area contributed by atoms with E-state index in [2.05, 4.69) is 33.0 Å². The first kappa shape index (κ1) is 21.8. The number of carbonyl (C=O) groups is 2. The molecule has 7 heteroatoms. The number of fused-ring (bicyclic) bond motifs is 1. The Hall–Kier alpha value is -2.38. The van der Waals surface area contributed by atoms with Crippen LogP contribution in [-0.4, -0.2) is 36.8 Å². The van der Waals surface area contributed by atoms with Crippen molar-refractivity contribution in [1.82, 2.24) is 0 Å². The molecule has 1 aromatic heterocycles. The van der Waals surface area contributed by atoms with Gasteiger partial charge in [-0.15, -0.1) is 11.3 Å². The van der Waals surface area contributed by atoms with E-state index < -0.39 is 5.97 Å². The van der Waals surface area contributed by atoms with E-state index in [4.69, 9.17) is 9.47 Å². The Bertz CT molecular complexity index is 1000. The fourth-order valence-electron chi connectivity index (χ4n) is 4.79. The van der Waals surface area contributed by atoms with Gasteiger partial charge in [0.15, 0.2) is 0 Å². The number of benzene rings is 1. The highest BCUT2D eigenvalue weighted by molar-refractivity contribution is 7.17. The molecule has 6 nitrogen and oxygen atoms in total. The van der Waals surface area contributed by atoms with Gasteiger partial charge in [0.25, 0.3) is 5.91 Å². The molecule has 4 rings (SSSR count).